The van der Waals surface area contributed by atoms with Crippen molar-refractivity contribution in [1.29, 1.82) is 0 Å². The number of aliphatic carboxylic acids is 1. The fraction of sp³-hybridized carbons (Fsp3) is 0.778. The van der Waals surface area contributed by atoms with E-state index in [2.05, 4.69) is 0 Å². The van der Waals surface area contributed by atoms with E-state index >= 15 is 0 Å². The van der Waals surface area contributed by atoms with Crippen LogP contribution in [0, 0.1) is 0 Å². The van der Waals surface area contributed by atoms with Gasteiger partial charge in [-0.3, -0.25) is 4.79 Å². The second-order valence-electron chi connectivity index (χ2n) is 3.77. The van der Waals surface area contributed by atoms with Crippen molar-refractivity contribution in [3.63, 3.8) is 0 Å². The van der Waals surface area contributed by atoms with Gasteiger partial charge in [-0.15, -0.1) is 0 Å². The minimum Gasteiger partial charge on any atom is -0.479 e. The van der Waals surface area contributed by atoms with Crippen LogP contribution in [-0.2, 0) is 14.3 Å². The summed E-state index contributed by atoms with van der Waals surface area (Å²) in [5.41, 5.74) is 0. The van der Waals surface area contributed by atoms with E-state index in [1.54, 1.807) is 4.90 Å². The van der Waals surface area contributed by atoms with E-state index in [-0.39, 0.29) is 25.1 Å². The number of hydrogen-bond donors (Lipinski definition) is 1. The van der Waals surface area contributed by atoms with Gasteiger partial charge in [0, 0.05) is 6.04 Å². The van der Waals surface area contributed by atoms with Crippen molar-refractivity contribution in [2.45, 2.75) is 31.4 Å². The first-order valence-corrected chi connectivity index (χ1v) is 4.82. The van der Waals surface area contributed by atoms with Crippen LogP contribution in [0.2, 0.25) is 0 Å². The first kappa shape index (κ1) is 9.45. The van der Waals surface area contributed by atoms with Crippen LogP contribution in [0.4, 0.5) is 0 Å². The zero-order valence-corrected chi connectivity index (χ0v) is 7.81. The first-order chi connectivity index (χ1) is 6.68. The van der Waals surface area contributed by atoms with Crippen molar-refractivity contribution in [2.24, 2.45) is 0 Å². The summed E-state index contributed by atoms with van der Waals surface area (Å²) in [6, 6.07) is 0.258. The molecule has 2 fully saturated rings. The molecule has 0 aromatic carbocycles. The summed E-state index contributed by atoms with van der Waals surface area (Å²) in [6.45, 7) is 0.117. The number of rotatable bonds is 2. The number of morpholine rings is 1. The second kappa shape index (κ2) is 3.57. The van der Waals surface area contributed by atoms with Gasteiger partial charge >= 0.3 is 5.97 Å². The molecule has 0 aromatic rings. The van der Waals surface area contributed by atoms with E-state index in [4.69, 9.17) is 9.84 Å². The standard InChI is InChI=1S/C9H13NO4/c11-8-5-14-7(9(12)13)4-10(8)6-2-1-3-6/h6-7H,1-5H2,(H,12,13). The van der Waals surface area contributed by atoms with Crippen LogP contribution in [0.1, 0.15) is 19.3 Å². The molecule has 5 nitrogen and oxygen atoms in total. The SMILES string of the molecule is O=C(O)C1CN(C2CCC2)C(=O)CO1. The highest BCUT2D eigenvalue weighted by Crippen LogP contribution is 2.26. The van der Waals surface area contributed by atoms with Gasteiger partial charge in [-0.25, -0.2) is 4.79 Å². The third-order valence-corrected chi connectivity index (χ3v) is 2.88. The van der Waals surface area contributed by atoms with Gasteiger partial charge in [0.15, 0.2) is 6.10 Å². The number of hydrogen-bond acceptors (Lipinski definition) is 3. The smallest absolute Gasteiger partial charge is 0.334 e. The highest BCUT2D eigenvalue weighted by atomic mass is 16.5. The Labute approximate surface area is 81.6 Å². The normalized spacial score (nSPS) is 28.7. The zero-order chi connectivity index (χ0) is 10.1. The van der Waals surface area contributed by atoms with Gasteiger partial charge in [0.25, 0.3) is 0 Å². The summed E-state index contributed by atoms with van der Waals surface area (Å²) in [5, 5.41) is 8.75. The Bertz CT molecular complexity index is 262. The maximum Gasteiger partial charge on any atom is 0.334 e. The van der Waals surface area contributed by atoms with Crippen LogP contribution in [0.3, 0.4) is 0 Å². The van der Waals surface area contributed by atoms with E-state index in [0.717, 1.165) is 19.3 Å². The Balaban J connectivity index is 1.99. The Kier molecular flexibility index (Phi) is 2.41. The molecule has 1 aliphatic carbocycles. The summed E-state index contributed by atoms with van der Waals surface area (Å²) in [7, 11) is 0. The lowest BCUT2D eigenvalue weighted by molar-refractivity contribution is -0.168. The molecule has 14 heavy (non-hydrogen) atoms. The largest absolute Gasteiger partial charge is 0.479 e. The second-order valence-corrected chi connectivity index (χ2v) is 3.77. The molecule has 1 saturated heterocycles. The van der Waals surface area contributed by atoms with Crippen molar-refractivity contribution in [2.75, 3.05) is 13.2 Å². The van der Waals surface area contributed by atoms with Crippen molar-refractivity contribution in [3.05, 3.63) is 0 Å². The minimum atomic E-state index is -0.984. The summed E-state index contributed by atoms with van der Waals surface area (Å²) < 4.78 is 4.91. The quantitative estimate of drug-likeness (QED) is 0.671. The molecule has 0 spiro atoms. The molecule has 78 valence electrons. The van der Waals surface area contributed by atoms with Crippen LogP contribution < -0.4 is 0 Å². The lowest BCUT2D eigenvalue weighted by Gasteiger charge is -2.41. The monoisotopic (exact) mass is 199 g/mol. The van der Waals surface area contributed by atoms with Crippen LogP contribution in [-0.4, -0.2) is 47.2 Å². The highest BCUT2D eigenvalue weighted by Gasteiger charge is 2.36. The summed E-state index contributed by atoms with van der Waals surface area (Å²) in [6.07, 6.45) is 2.29. The predicted molar refractivity (Wildman–Crippen MR) is 46.7 cm³/mol. The highest BCUT2D eigenvalue weighted by molar-refractivity contribution is 5.82. The van der Waals surface area contributed by atoms with Crippen molar-refractivity contribution in [3.8, 4) is 0 Å². The lowest BCUT2D eigenvalue weighted by Crippen LogP contribution is -2.55. The minimum absolute atomic E-state index is 0.0767. The molecular weight excluding hydrogens is 186 g/mol. The Morgan fingerprint density at radius 1 is 1.50 bits per heavy atom. The maximum atomic E-state index is 11.4. The molecule has 1 N–H and O–H groups in total. The molecule has 0 bridgehead atoms. The van der Waals surface area contributed by atoms with Crippen molar-refractivity contribution in [1.82, 2.24) is 4.90 Å². The number of ether oxygens (including phenoxy) is 1. The Morgan fingerprint density at radius 2 is 2.21 bits per heavy atom. The van der Waals surface area contributed by atoms with Gasteiger partial charge < -0.3 is 14.7 Å². The molecule has 2 rings (SSSR count). The first-order valence-electron chi connectivity index (χ1n) is 4.82. The van der Waals surface area contributed by atoms with Crippen LogP contribution >= 0.6 is 0 Å². The fourth-order valence-corrected chi connectivity index (χ4v) is 1.79. The third-order valence-electron chi connectivity index (χ3n) is 2.88. The van der Waals surface area contributed by atoms with E-state index in [1.807, 2.05) is 0 Å². The zero-order valence-electron chi connectivity index (χ0n) is 7.81. The number of carbonyl (C=O) groups is 2. The van der Waals surface area contributed by atoms with E-state index < -0.39 is 12.1 Å². The molecule has 1 heterocycles. The number of carbonyl (C=O) groups excluding carboxylic acids is 1. The predicted octanol–water partition coefficient (Wildman–Crippen LogP) is -0.149. The average Bonchev–Trinajstić information content (AvgIpc) is 2.05. The number of amides is 1. The molecule has 0 aromatic heterocycles. The van der Waals surface area contributed by atoms with Gasteiger partial charge in [0.2, 0.25) is 5.91 Å². The molecule has 1 unspecified atom stereocenters. The summed E-state index contributed by atoms with van der Waals surface area (Å²) >= 11 is 0. The Morgan fingerprint density at radius 3 is 2.71 bits per heavy atom. The third kappa shape index (κ3) is 1.59. The van der Waals surface area contributed by atoms with E-state index in [1.165, 1.54) is 0 Å². The van der Waals surface area contributed by atoms with Gasteiger partial charge in [-0.05, 0) is 19.3 Å². The Hall–Kier alpha value is -1.10. The average molecular weight is 199 g/mol. The number of carboxylic acids is 1. The van der Waals surface area contributed by atoms with Crippen molar-refractivity contribution >= 4 is 11.9 Å². The molecular formula is C9H13NO4. The van der Waals surface area contributed by atoms with Crippen LogP contribution in [0.5, 0.6) is 0 Å². The number of carboxylic acid groups (broad SMARTS) is 1. The lowest BCUT2D eigenvalue weighted by atomic mass is 9.91. The molecule has 1 amide bonds. The van der Waals surface area contributed by atoms with E-state index in [0.29, 0.717) is 0 Å². The molecule has 1 aliphatic heterocycles. The molecule has 1 atom stereocenters. The summed E-state index contributed by atoms with van der Waals surface area (Å²) in [4.78, 5) is 23.7. The van der Waals surface area contributed by atoms with Gasteiger partial charge in [0.05, 0.1) is 6.54 Å². The van der Waals surface area contributed by atoms with Crippen LogP contribution in [0.25, 0.3) is 0 Å². The summed E-state index contributed by atoms with van der Waals surface area (Å²) in [5.74, 6) is -1.06. The van der Waals surface area contributed by atoms with Crippen LogP contribution in [0.15, 0.2) is 0 Å². The number of nitrogens with zero attached hydrogens (tertiary/aromatic N) is 1. The topological polar surface area (TPSA) is 66.8 Å². The maximum absolute atomic E-state index is 11.4. The van der Waals surface area contributed by atoms with E-state index in [9.17, 15) is 9.59 Å². The molecule has 2 aliphatic rings. The van der Waals surface area contributed by atoms with Gasteiger partial charge in [-0.1, -0.05) is 0 Å². The molecule has 1 saturated carbocycles. The molecule has 5 heteroatoms. The van der Waals surface area contributed by atoms with Gasteiger partial charge in [0.1, 0.15) is 6.61 Å². The van der Waals surface area contributed by atoms with Gasteiger partial charge in [-0.2, -0.15) is 0 Å². The molecule has 0 radical (unpaired) electrons. The van der Waals surface area contributed by atoms with Crippen molar-refractivity contribution < 1.29 is 19.4 Å². The fourth-order valence-electron chi connectivity index (χ4n) is 1.79.